The van der Waals surface area contributed by atoms with Crippen molar-refractivity contribution in [2.75, 3.05) is 18.4 Å². The maximum Gasteiger partial charge on any atom is 0.221 e. The molecule has 0 aromatic heterocycles. The topological polar surface area (TPSA) is 52.6 Å². The highest BCUT2D eigenvalue weighted by Gasteiger charge is 2.40. The molecule has 2 unspecified atom stereocenters. The number of aliphatic hydroxyl groups excluding tert-OH is 1. The van der Waals surface area contributed by atoms with Crippen molar-refractivity contribution in [2.24, 2.45) is 5.92 Å². The van der Waals surface area contributed by atoms with Crippen LogP contribution in [0.25, 0.3) is 0 Å². The van der Waals surface area contributed by atoms with E-state index in [2.05, 4.69) is 22.1 Å². The largest absolute Gasteiger partial charge is 0.390 e. The fraction of sp³-hybridized carbons (Fsp3) is 0.471. The molecule has 2 N–H and O–H groups in total. The summed E-state index contributed by atoms with van der Waals surface area (Å²) in [5.41, 5.74) is 1.67. The third kappa shape index (κ3) is 3.10. The zero-order chi connectivity index (χ0) is 14.8. The first-order chi connectivity index (χ1) is 10.1. The van der Waals surface area contributed by atoms with Gasteiger partial charge in [0.2, 0.25) is 5.91 Å². The Labute approximate surface area is 125 Å². The van der Waals surface area contributed by atoms with Gasteiger partial charge in [-0.3, -0.25) is 9.69 Å². The molecule has 110 valence electrons. The van der Waals surface area contributed by atoms with E-state index in [1.54, 1.807) is 0 Å². The summed E-state index contributed by atoms with van der Waals surface area (Å²) in [4.78, 5) is 13.2. The Balaban J connectivity index is 1.71. The minimum absolute atomic E-state index is 0.0347. The molecule has 4 nitrogen and oxygen atoms in total. The zero-order valence-electron chi connectivity index (χ0n) is 12.2. The molecule has 3 aliphatic rings. The Morgan fingerprint density at radius 2 is 1.95 bits per heavy atom. The molecule has 4 rings (SSSR count). The summed E-state index contributed by atoms with van der Waals surface area (Å²) in [6.45, 7) is 3.58. The summed E-state index contributed by atoms with van der Waals surface area (Å²) in [6.07, 6.45) is 1.86. The second kappa shape index (κ2) is 5.88. The van der Waals surface area contributed by atoms with E-state index in [4.69, 9.17) is 0 Å². The monoisotopic (exact) mass is 284 g/mol. The Hall–Kier alpha value is -1.83. The lowest BCUT2D eigenvalue weighted by molar-refractivity contribution is -0.114. The highest BCUT2D eigenvalue weighted by Crippen LogP contribution is 2.31. The molecule has 0 radical (unpaired) electrons. The predicted molar refractivity (Wildman–Crippen MR) is 81.7 cm³/mol. The second-order valence-electron chi connectivity index (χ2n) is 5.84. The van der Waals surface area contributed by atoms with Gasteiger partial charge in [0.1, 0.15) is 0 Å². The van der Waals surface area contributed by atoms with Crippen LogP contribution in [0.15, 0.2) is 24.3 Å². The number of benzene rings is 1. The zero-order valence-corrected chi connectivity index (χ0v) is 12.2. The molecular weight excluding hydrogens is 264 g/mol. The first-order valence-electron chi connectivity index (χ1n) is 7.45. The summed E-state index contributed by atoms with van der Waals surface area (Å²) in [6, 6.07) is 7.43. The van der Waals surface area contributed by atoms with Gasteiger partial charge < -0.3 is 10.4 Å². The predicted octanol–water partition coefficient (Wildman–Crippen LogP) is 1.45. The molecule has 1 aromatic rings. The lowest BCUT2D eigenvalue weighted by Gasteiger charge is -2.46. The average molecular weight is 284 g/mol. The number of nitrogens with zero attached hydrogens (tertiary/aromatic N) is 1. The van der Waals surface area contributed by atoms with E-state index < -0.39 is 0 Å². The van der Waals surface area contributed by atoms with Crippen molar-refractivity contribution in [3.63, 3.8) is 0 Å². The maximum absolute atomic E-state index is 11.0. The molecular formula is C17H20N2O2. The van der Waals surface area contributed by atoms with Crippen molar-refractivity contribution in [3.8, 4) is 11.8 Å². The first kappa shape index (κ1) is 14.1. The van der Waals surface area contributed by atoms with Gasteiger partial charge in [0, 0.05) is 18.2 Å². The van der Waals surface area contributed by atoms with E-state index in [1.807, 2.05) is 24.3 Å². The number of fused-ring (bicyclic) bond motifs is 3. The van der Waals surface area contributed by atoms with E-state index in [1.165, 1.54) is 6.92 Å². The molecule has 2 bridgehead atoms. The van der Waals surface area contributed by atoms with Gasteiger partial charge in [-0.05, 0) is 56.1 Å². The van der Waals surface area contributed by atoms with Crippen molar-refractivity contribution in [1.29, 1.82) is 0 Å². The van der Waals surface area contributed by atoms with Crippen LogP contribution in [0.2, 0.25) is 0 Å². The molecule has 1 amide bonds. The van der Waals surface area contributed by atoms with Gasteiger partial charge in [0.25, 0.3) is 0 Å². The van der Waals surface area contributed by atoms with Crippen LogP contribution in [0.5, 0.6) is 0 Å². The molecule has 0 aliphatic carbocycles. The van der Waals surface area contributed by atoms with Crippen molar-refractivity contribution < 1.29 is 9.90 Å². The van der Waals surface area contributed by atoms with Gasteiger partial charge in [-0.15, -0.1) is 0 Å². The number of amides is 1. The molecule has 3 heterocycles. The molecule has 3 saturated heterocycles. The lowest BCUT2D eigenvalue weighted by atomic mass is 9.81. The minimum atomic E-state index is -0.321. The Morgan fingerprint density at radius 1 is 1.29 bits per heavy atom. The minimum Gasteiger partial charge on any atom is -0.390 e. The fourth-order valence-corrected chi connectivity index (χ4v) is 3.19. The van der Waals surface area contributed by atoms with E-state index in [-0.39, 0.29) is 18.1 Å². The van der Waals surface area contributed by atoms with Crippen molar-refractivity contribution in [3.05, 3.63) is 29.8 Å². The summed E-state index contributed by atoms with van der Waals surface area (Å²) in [5.74, 6) is 6.70. The number of hydrogen-bond donors (Lipinski definition) is 2. The van der Waals surface area contributed by atoms with Crippen molar-refractivity contribution >= 4 is 11.6 Å². The van der Waals surface area contributed by atoms with Gasteiger partial charge in [0.15, 0.2) is 0 Å². The molecule has 2 atom stereocenters. The summed E-state index contributed by atoms with van der Waals surface area (Å²) >= 11 is 0. The quantitative estimate of drug-likeness (QED) is 0.768. The Morgan fingerprint density at radius 3 is 2.52 bits per heavy atom. The van der Waals surface area contributed by atoms with Crippen LogP contribution in [0.4, 0.5) is 5.69 Å². The highest BCUT2D eigenvalue weighted by atomic mass is 16.3. The van der Waals surface area contributed by atoms with E-state index in [9.17, 15) is 9.90 Å². The van der Waals surface area contributed by atoms with E-state index in [0.717, 1.165) is 37.2 Å². The van der Waals surface area contributed by atoms with Gasteiger partial charge in [0.05, 0.1) is 12.1 Å². The molecule has 3 aliphatic heterocycles. The van der Waals surface area contributed by atoms with Crippen LogP contribution < -0.4 is 5.32 Å². The third-order valence-corrected chi connectivity index (χ3v) is 4.34. The molecule has 0 saturated carbocycles. The molecule has 1 aromatic carbocycles. The van der Waals surface area contributed by atoms with Gasteiger partial charge >= 0.3 is 0 Å². The number of aliphatic hydroxyl groups is 1. The van der Waals surface area contributed by atoms with Crippen LogP contribution in [-0.4, -0.2) is 41.1 Å². The highest BCUT2D eigenvalue weighted by molar-refractivity contribution is 5.88. The molecule has 0 spiro atoms. The van der Waals surface area contributed by atoms with E-state index in [0.29, 0.717) is 5.92 Å². The fourth-order valence-electron chi connectivity index (χ4n) is 3.19. The normalized spacial score (nSPS) is 30.4. The van der Waals surface area contributed by atoms with Gasteiger partial charge in [-0.1, -0.05) is 11.8 Å². The van der Waals surface area contributed by atoms with E-state index >= 15 is 0 Å². The lowest BCUT2D eigenvalue weighted by Crippen LogP contribution is -2.57. The number of hydrogen-bond acceptors (Lipinski definition) is 3. The molecule has 21 heavy (non-hydrogen) atoms. The number of piperidine rings is 3. The Kier molecular flexibility index (Phi) is 3.96. The summed E-state index contributed by atoms with van der Waals surface area (Å²) in [7, 11) is 0. The van der Waals surface area contributed by atoms with Crippen LogP contribution in [0.1, 0.15) is 25.3 Å². The third-order valence-electron chi connectivity index (χ3n) is 4.34. The van der Waals surface area contributed by atoms with Crippen LogP contribution in [0, 0.1) is 17.8 Å². The van der Waals surface area contributed by atoms with Crippen LogP contribution in [0.3, 0.4) is 0 Å². The number of anilines is 1. The number of carbonyl (C=O) groups excluding carboxylic acids is 1. The summed E-state index contributed by atoms with van der Waals surface area (Å²) < 4.78 is 0. The Bertz CT molecular complexity index is 575. The van der Waals surface area contributed by atoms with Crippen molar-refractivity contribution in [2.45, 2.75) is 31.9 Å². The van der Waals surface area contributed by atoms with Gasteiger partial charge in [-0.2, -0.15) is 0 Å². The second-order valence-corrected chi connectivity index (χ2v) is 5.84. The average Bonchev–Trinajstić information content (AvgIpc) is 2.48. The smallest absolute Gasteiger partial charge is 0.221 e. The molecule has 4 heteroatoms. The number of nitrogens with one attached hydrogen (secondary N) is 1. The maximum atomic E-state index is 11.0. The summed E-state index contributed by atoms with van der Waals surface area (Å²) in [5, 5.41) is 13.0. The number of carbonyl (C=O) groups is 1. The molecule has 3 fully saturated rings. The van der Waals surface area contributed by atoms with Crippen LogP contribution >= 0.6 is 0 Å². The number of rotatable bonds is 1. The van der Waals surface area contributed by atoms with Crippen molar-refractivity contribution in [1.82, 2.24) is 4.90 Å². The van der Waals surface area contributed by atoms with Gasteiger partial charge in [-0.25, -0.2) is 0 Å². The van der Waals surface area contributed by atoms with Crippen LogP contribution in [-0.2, 0) is 4.79 Å². The SMILES string of the molecule is CC(=O)Nc1ccc(C#CC2C(O)C3CCN2CC3)cc1. The standard InChI is InChI=1S/C17H20N2O2/c1-12(20)18-15-5-2-13(3-6-15)4-7-16-17(21)14-8-10-19(16)11-9-14/h2-3,5-6,14,16-17,21H,8-11H2,1H3,(H,18,20). The first-order valence-corrected chi connectivity index (χ1v) is 7.45.